The van der Waals surface area contributed by atoms with Crippen LogP contribution in [0, 0.1) is 24.7 Å². The van der Waals surface area contributed by atoms with Crippen LogP contribution in [0.2, 0.25) is 0 Å². The first kappa shape index (κ1) is 17.1. The Morgan fingerprint density at radius 2 is 1.73 bits per heavy atom. The van der Waals surface area contributed by atoms with E-state index in [0.29, 0.717) is 17.8 Å². The van der Waals surface area contributed by atoms with E-state index >= 15 is 0 Å². The van der Waals surface area contributed by atoms with E-state index in [1.807, 2.05) is 0 Å². The summed E-state index contributed by atoms with van der Waals surface area (Å²) in [7, 11) is 0. The van der Waals surface area contributed by atoms with Gasteiger partial charge in [-0.15, -0.1) is 0 Å². The molecule has 22 heavy (non-hydrogen) atoms. The molecule has 1 aliphatic carbocycles. The standard InChI is InChI=1S/C22H32/c1-17(2)5-6-18(3)7-10-20-11-15-22(16-12-20)21-13-8-19(4)9-14-21/h7-11,13-15,17-18,20,22H,5-6,12,16H2,1-4H3/b10-7+. The van der Waals surface area contributed by atoms with E-state index in [1.54, 1.807) is 0 Å². The van der Waals surface area contributed by atoms with Crippen LogP contribution < -0.4 is 0 Å². The largest absolute Gasteiger partial charge is 0.0851 e. The maximum Gasteiger partial charge on any atom is 0.00185 e. The van der Waals surface area contributed by atoms with Gasteiger partial charge in [-0.05, 0) is 49.5 Å². The molecule has 0 fully saturated rings. The smallest absolute Gasteiger partial charge is 0.00185 e. The Labute approximate surface area is 137 Å². The molecule has 0 N–H and O–H groups in total. The van der Waals surface area contributed by atoms with Gasteiger partial charge in [-0.1, -0.05) is 81.3 Å². The third-order valence-corrected chi connectivity index (χ3v) is 4.79. The van der Waals surface area contributed by atoms with Gasteiger partial charge in [0.2, 0.25) is 0 Å². The molecule has 120 valence electrons. The third-order valence-electron chi connectivity index (χ3n) is 4.79. The van der Waals surface area contributed by atoms with Crippen molar-refractivity contribution in [2.24, 2.45) is 17.8 Å². The number of aryl methyl sites for hydroxylation is 1. The number of rotatable bonds is 6. The van der Waals surface area contributed by atoms with Crippen LogP contribution in [0.5, 0.6) is 0 Å². The van der Waals surface area contributed by atoms with Gasteiger partial charge in [-0.2, -0.15) is 0 Å². The molecular weight excluding hydrogens is 264 g/mol. The van der Waals surface area contributed by atoms with Crippen LogP contribution in [0.4, 0.5) is 0 Å². The van der Waals surface area contributed by atoms with Gasteiger partial charge in [0.05, 0.1) is 0 Å². The van der Waals surface area contributed by atoms with Crippen LogP contribution in [0.15, 0.2) is 48.6 Å². The van der Waals surface area contributed by atoms with Gasteiger partial charge in [-0.25, -0.2) is 0 Å². The maximum atomic E-state index is 2.44. The van der Waals surface area contributed by atoms with Crippen molar-refractivity contribution >= 4 is 0 Å². The van der Waals surface area contributed by atoms with Gasteiger partial charge < -0.3 is 0 Å². The molecule has 2 rings (SSSR count). The summed E-state index contributed by atoms with van der Waals surface area (Å²) < 4.78 is 0. The molecule has 1 aromatic carbocycles. The third kappa shape index (κ3) is 5.48. The Morgan fingerprint density at radius 3 is 2.32 bits per heavy atom. The number of hydrogen-bond donors (Lipinski definition) is 0. The van der Waals surface area contributed by atoms with Crippen molar-refractivity contribution < 1.29 is 0 Å². The molecule has 0 heterocycles. The van der Waals surface area contributed by atoms with Gasteiger partial charge in [0.15, 0.2) is 0 Å². The van der Waals surface area contributed by atoms with Gasteiger partial charge >= 0.3 is 0 Å². The van der Waals surface area contributed by atoms with E-state index in [9.17, 15) is 0 Å². The molecule has 0 amide bonds. The lowest BCUT2D eigenvalue weighted by atomic mass is 9.83. The van der Waals surface area contributed by atoms with E-state index in [2.05, 4.69) is 76.3 Å². The quantitative estimate of drug-likeness (QED) is 0.514. The van der Waals surface area contributed by atoms with E-state index in [1.165, 1.54) is 36.8 Å². The van der Waals surface area contributed by atoms with Crippen LogP contribution in [0.25, 0.3) is 0 Å². The first-order valence-electron chi connectivity index (χ1n) is 8.98. The minimum absolute atomic E-state index is 0.614. The van der Waals surface area contributed by atoms with Crippen LogP contribution in [0.1, 0.15) is 63.5 Å². The van der Waals surface area contributed by atoms with Gasteiger partial charge in [-0.3, -0.25) is 0 Å². The maximum absolute atomic E-state index is 2.44. The molecule has 0 heteroatoms. The van der Waals surface area contributed by atoms with E-state index < -0.39 is 0 Å². The average Bonchev–Trinajstić information content (AvgIpc) is 2.52. The summed E-state index contributed by atoms with van der Waals surface area (Å²) in [6, 6.07) is 9.03. The molecule has 0 radical (unpaired) electrons. The highest BCUT2D eigenvalue weighted by Gasteiger charge is 2.15. The van der Waals surface area contributed by atoms with Crippen LogP contribution in [0.3, 0.4) is 0 Å². The first-order valence-corrected chi connectivity index (χ1v) is 8.98. The van der Waals surface area contributed by atoms with Gasteiger partial charge in [0, 0.05) is 5.92 Å². The summed E-state index contributed by atoms with van der Waals surface area (Å²) in [6.07, 6.45) is 14.9. The Balaban J connectivity index is 1.84. The molecule has 0 saturated carbocycles. The van der Waals surface area contributed by atoms with E-state index in [-0.39, 0.29) is 0 Å². The predicted molar refractivity (Wildman–Crippen MR) is 98.2 cm³/mol. The van der Waals surface area contributed by atoms with Crippen LogP contribution >= 0.6 is 0 Å². The SMILES string of the molecule is Cc1ccc(C2C=CC(/C=C/C(C)CCC(C)C)CC2)cc1. The summed E-state index contributed by atoms with van der Waals surface area (Å²) in [5.41, 5.74) is 2.81. The minimum Gasteiger partial charge on any atom is -0.0851 e. The fourth-order valence-corrected chi connectivity index (χ4v) is 3.12. The monoisotopic (exact) mass is 296 g/mol. The van der Waals surface area contributed by atoms with Crippen molar-refractivity contribution in [2.75, 3.05) is 0 Å². The molecule has 3 unspecified atom stereocenters. The summed E-state index contributed by atoms with van der Waals surface area (Å²) in [6.45, 7) is 9.12. The highest BCUT2D eigenvalue weighted by atomic mass is 14.2. The molecule has 0 aromatic heterocycles. The highest BCUT2D eigenvalue weighted by molar-refractivity contribution is 5.29. The van der Waals surface area contributed by atoms with Gasteiger partial charge in [0.25, 0.3) is 0 Å². The topological polar surface area (TPSA) is 0 Å². The Morgan fingerprint density at radius 1 is 1.00 bits per heavy atom. The molecule has 0 nitrogen and oxygen atoms in total. The molecule has 0 aliphatic heterocycles. The second-order valence-electron chi connectivity index (χ2n) is 7.48. The van der Waals surface area contributed by atoms with E-state index in [0.717, 1.165) is 5.92 Å². The number of hydrogen-bond acceptors (Lipinski definition) is 0. The lowest BCUT2D eigenvalue weighted by molar-refractivity contribution is 0.499. The molecule has 0 bridgehead atoms. The normalized spacial score (nSPS) is 23.3. The summed E-state index contributed by atoms with van der Waals surface area (Å²) in [5, 5.41) is 0. The lowest BCUT2D eigenvalue weighted by Crippen LogP contribution is -2.06. The van der Waals surface area contributed by atoms with Crippen molar-refractivity contribution in [1.29, 1.82) is 0 Å². The molecular formula is C22H32. The van der Waals surface area contributed by atoms with Crippen molar-refractivity contribution in [2.45, 2.75) is 59.3 Å². The summed E-state index contributed by atoms with van der Waals surface area (Å²) in [4.78, 5) is 0. The van der Waals surface area contributed by atoms with Crippen molar-refractivity contribution in [3.8, 4) is 0 Å². The van der Waals surface area contributed by atoms with Crippen molar-refractivity contribution in [1.82, 2.24) is 0 Å². The lowest BCUT2D eigenvalue weighted by Gasteiger charge is -2.21. The highest BCUT2D eigenvalue weighted by Crippen LogP contribution is 2.31. The fourth-order valence-electron chi connectivity index (χ4n) is 3.12. The summed E-state index contributed by atoms with van der Waals surface area (Å²) >= 11 is 0. The molecule has 3 atom stereocenters. The molecule has 1 aliphatic rings. The van der Waals surface area contributed by atoms with Crippen LogP contribution in [-0.2, 0) is 0 Å². The zero-order valence-corrected chi connectivity index (χ0v) is 14.8. The summed E-state index contributed by atoms with van der Waals surface area (Å²) in [5.74, 6) is 2.79. The fraction of sp³-hybridized carbons (Fsp3) is 0.545. The van der Waals surface area contributed by atoms with E-state index in [4.69, 9.17) is 0 Å². The second kappa shape index (κ2) is 8.36. The molecule has 0 saturated heterocycles. The Hall–Kier alpha value is -1.30. The number of benzene rings is 1. The Bertz CT molecular complexity index is 489. The zero-order valence-electron chi connectivity index (χ0n) is 14.8. The predicted octanol–water partition coefficient (Wildman–Crippen LogP) is 6.67. The molecule has 0 spiro atoms. The number of allylic oxidation sites excluding steroid dienone is 4. The zero-order chi connectivity index (χ0) is 15.9. The minimum atomic E-state index is 0.614. The van der Waals surface area contributed by atoms with Crippen LogP contribution in [-0.4, -0.2) is 0 Å². The van der Waals surface area contributed by atoms with Gasteiger partial charge in [0.1, 0.15) is 0 Å². The average molecular weight is 296 g/mol. The molecule has 1 aromatic rings. The first-order chi connectivity index (χ1) is 10.5. The Kier molecular flexibility index (Phi) is 6.49. The second-order valence-corrected chi connectivity index (χ2v) is 7.48. The van der Waals surface area contributed by atoms with Crippen molar-refractivity contribution in [3.63, 3.8) is 0 Å². The van der Waals surface area contributed by atoms with Crippen molar-refractivity contribution in [3.05, 3.63) is 59.7 Å².